The quantitative estimate of drug-likeness (QED) is 0.0985. The fraction of sp³-hybridized carbons (Fsp3) is 0.714. The van der Waals surface area contributed by atoms with Crippen molar-refractivity contribution in [2.45, 2.75) is 83.0 Å². The van der Waals surface area contributed by atoms with Gasteiger partial charge in [0, 0.05) is 6.42 Å². The predicted molar refractivity (Wildman–Crippen MR) is 123 cm³/mol. The average Bonchev–Trinajstić information content (AvgIpc) is 2.74. The van der Waals surface area contributed by atoms with Crippen molar-refractivity contribution in [1.29, 1.82) is 0 Å². The summed E-state index contributed by atoms with van der Waals surface area (Å²) in [6.07, 6.45) is -0.0204. The molecule has 0 aromatic rings. The summed E-state index contributed by atoms with van der Waals surface area (Å²) in [4.78, 5) is 71.2. The molecule has 0 aromatic heterocycles. The van der Waals surface area contributed by atoms with E-state index in [1.54, 1.807) is 13.8 Å². The van der Waals surface area contributed by atoms with Crippen molar-refractivity contribution in [3.63, 3.8) is 0 Å². The second-order valence-electron chi connectivity index (χ2n) is 8.57. The van der Waals surface area contributed by atoms with Gasteiger partial charge in [-0.2, -0.15) is 0 Å². The molecule has 35 heavy (non-hydrogen) atoms. The Morgan fingerprint density at radius 3 is 1.77 bits per heavy atom. The number of rotatable bonds is 18. The Morgan fingerprint density at radius 2 is 1.29 bits per heavy atom. The van der Waals surface area contributed by atoms with E-state index in [4.69, 9.17) is 26.8 Å². The van der Waals surface area contributed by atoms with E-state index in [0.717, 1.165) is 0 Å². The number of nitrogens with two attached hydrogens (primary N) is 2. The third-order valence-electron chi connectivity index (χ3n) is 4.92. The summed E-state index contributed by atoms with van der Waals surface area (Å²) in [6, 6.07) is -5.26. The number of amides is 3. The molecule has 200 valence electrons. The van der Waals surface area contributed by atoms with Crippen LogP contribution < -0.4 is 27.4 Å². The normalized spacial score (nSPS) is 14.3. The number of carbonyl (C=O) groups excluding carboxylic acids is 3. The summed E-state index contributed by atoms with van der Waals surface area (Å²) >= 11 is 0. The van der Waals surface area contributed by atoms with Gasteiger partial charge >= 0.3 is 17.9 Å². The summed E-state index contributed by atoms with van der Waals surface area (Å²) in [5, 5.41) is 33.9. The minimum Gasteiger partial charge on any atom is -0.481 e. The van der Waals surface area contributed by atoms with Crippen LogP contribution in [0.3, 0.4) is 0 Å². The van der Waals surface area contributed by atoms with Gasteiger partial charge in [-0.1, -0.05) is 20.3 Å². The van der Waals surface area contributed by atoms with Crippen LogP contribution in [0.2, 0.25) is 0 Å². The van der Waals surface area contributed by atoms with Gasteiger partial charge in [0.2, 0.25) is 17.7 Å². The van der Waals surface area contributed by atoms with E-state index in [1.165, 1.54) is 0 Å². The van der Waals surface area contributed by atoms with Crippen molar-refractivity contribution in [3.05, 3.63) is 0 Å². The molecule has 3 amide bonds. The number of carboxylic acids is 3. The van der Waals surface area contributed by atoms with Crippen LogP contribution in [0.5, 0.6) is 0 Å². The van der Waals surface area contributed by atoms with Gasteiger partial charge in [-0.05, 0) is 38.1 Å². The largest absolute Gasteiger partial charge is 0.481 e. The molecular weight excluding hydrogens is 466 g/mol. The van der Waals surface area contributed by atoms with Crippen LogP contribution >= 0.6 is 0 Å². The number of aliphatic carboxylic acids is 3. The third kappa shape index (κ3) is 13.9. The lowest BCUT2D eigenvalue weighted by atomic mass is 10.0. The average molecular weight is 504 g/mol. The van der Waals surface area contributed by atoms with E-state index in [-0.39, 0.29) is 18.8 Å². The Bertz CT molecular complexity index is 759. The Kier molecular flexibility index (Phi) is 14.9. The molecule has 0 fully saturated rings. The van der Waals surface area contributed by atoms with Crippen LogP contribution in [0, 0.1) is 5.92 Å². The maximum absolute atomic E-state index is 12.9. The fourth-order valence-corrected chi connectivity index (χ4v) is 3.08. The van der Waals surface area contributed by atoms with E-state index >= 15 is 0 Å². The van der Waals surface area contributed by atoms with Gasteiger partial charge in [-0.25, -0.2) is 4.79 Å². The van der Waals surface area contributed by atoms with Gasteiger partial charge in [0.25, 0.3) is 0 Å². The van der Waals surface area contributed by atoms with E-state index < -0.39 is 72.6 Å². The molecule has 0 bridgehead atoms. The van der Waals surface area contributed by atoms with Crippen molar-refractivity contribution in [1.82, 2.24) is 16.0 Å². The summed E-state index contributed by atoms with van der Waals surface area (Å²) in [7, 11) is 0. The maximum Gasteiger partial charge on any atom is 0.326 e. The van der Waals surface area contributed by atoms with Crippen LogP contribution in [-0.4, -0.2) is 81.7 Å². The lowest BCUT2D eigenvalue weighted by Crippen LogP contribution is -2.57. The Balaban J connectivity index is 5.52. The summed E-state index contributed by atoms with van der Waals surface area (Å²) in [6.45, 7) is 3.90. The molecule has 10 N–H and O–H groups in total. The number of hydrogen-bond donors (Lipinski definition) is 8. The Labute approximate surface area is 203 Å². The smallest absolute Gasteiger partial charge is 0.326 e. The molecule has 0 aliphatic carbocycles. The minimum atomic E-state index is -1.72. The minimum absolute atomic E-state index is 0.0647. The Morgan fingerprint density at radius 1 is 0.743 bits per heavy atom. The van der Waals surface area contributed by atoms with Crippen molar-refractivity contribution in [3.8, 4) is 0 Å². The number of hydrogen-bond acceptors (Lipinski definition) is 8. The van der Waals surface area contributed by atoms with Crippen LogP contribution in [0.1, 0.15) is 58.8 Å². The number of unbranched alkanes of at least 4 members (excludes halogenated alkanes) is 1. The number of carboxylic acid groups (broad SMARTS) is 3. The zero-order chi connectivity index (χ0) is 27.1. The molecular formula is C21H37N5O9. The fourth-order valence-electron chi connectivity index (χ4n) is 3.08. The van der Waals surface area contributed by atoms with Gasteiger partial charge in [-0.3, -0.25) is 24.0 Å². The zero-order valence-electron chi connectivity index (χ0n) is 20.0. The predicted octanol–water partition coefficient (Wildman–Crippen LogP) is -1.63. The highest BCUT2D eigenvalue weighted by Crippen LogP contribution is 2.09. The maximum atomic E-state index is 12.9. The molecule has 14 nitrogen and oxygen atoms in total. The van der Waals surface area contributed by atoms with E-state index in [2.05, 4.69) is 16.0 Å². The molecule has 0 heterocycles. The topological polar surface area (TPSA) is 251 Å². The van der Waals surface area contributed by atoms with Crippen LogP contribution in [0.15, 0.2) is 0 Å². The summed E-state index contributed by atoms with van der Waals surface area (Å²) in [5.41, 5.74) is 11.2. The third-order valence-corrected chi connectivity index (χ3v) is 4.92. The molecule has 0 saturated carbocycles. The first-order valence-corrected chi connectivity index (χ1v) is 11.3. The molecule has 0 aliphatic rings. The monoisotopic (exact) mass is 503 g/mol. The Hall–Kier alpha value is -3.26. The molecule has 0 spiro atoms. The van der Waals surface area contributed by atoms with Crippen molar-refractivity contribution >= 4 is 35.6 Å². The first-order chi connectivity index (χ1) is 16.3. The zero-order valence-corrected chi connectivity index (χ0v) is 20.0. The van der Waals surface area contributed by atoms with Crippen molar-refractivity contribution in [2.24, 2.45) is 17.4 Å². The lowest BCUT2D eigenvalue weighted by molar-refractivity contribution is -0.147. The standard InChI is InChI=1S/C21H37N5O9/c1-11(2)9-14(20(33)26-15(21(34)35)10-17(29)30)25-19(32)13(6-7-16(27)28)24-18(31)12(23)5-3-4-8-22/h11-15H,3-10,22-23H2,1-2H3,(H,24,31)(H,25,32)(H,26,33)(H,27,28)(H,29,30)(H,34,35)/t12-,13-,14-,15+/m0/s1. The highest BCUT2D eigenvalue weighted by molar-refractivity contribution is 5.94. The molecule has 0 aromatic carbocycles. The van der Waals surface area contributed by atoms with Crippen molar-refractivity contribution in [2.75, 3.05) is 6.54 Å². The number of carbonyl (C=O) groups is 6. The highest BCUT2D eigenvalue weighted by Gasteiger charge is 2.31. The first-order valence-electron chi connectivity index (χ1n) is 11.3. The molecule has 0 unspecified atom stereocenters. The SMILES string of the molecule is CC(C)C[C@H](NC(=O)[C@H](CCC(=O)O)NC(=O)[C@@H](N)CCCCN)C(=O)N[C@H](CC(=O)O)C(=O)O. The highest BCUT2D eigenvalue weighted by atomic mass is 16.4. The van der Waals surface area contributed by atoms with Gasteiger partial charge < -0.3 is 42.7 Å². The van der Waals surface area contributed by atoms with Gasteiger partial charge in [0.05, 0.1) is 12.5 Å². The molecule has 4 atom stereocenters. The van der Waals surface area contributed by atoms with E-state index in [9.17, 15) is 28.8 Å². The molecule has 14 heteroatoms. The molecule has 0 aliphatic heterocycles. The first kappa shape index (κ1) is 31.7. The summed E-state index contributed by atoms with van der Waals surface area (Å²) < 4.78 is 0. The lowest BCUT2D eigenvalue weighted by Gasteiger charge is -2.25. The van der Waals surface area contributed by atoms with Gasteiger partial charge in [-0.15, -0.1) is 0 Å². The van der Waals surface area contributed by atoms with Crippen LogP contribution in [0.4, 0.5) is 0 Å². The van der Waals surface area contributed by atoms with Crippen LogP contribution in [-0.2, 0) is 28.8 Å². The second-order valence-corrected chi connectivity index (χ2v) is 8.57. The van der Waals surface area contributed by atoms with E-state index in [1.807, 2.05) is 0 Å². The van der Waals surface area contributed by atoms with Gasteiger partial charge in [0.1, 0.15) is 18.1 Å². The molecule has 0 saturated heterocycles. The number of nitrogens with one attached hydrogen (secondary N) is 3. The van der Waals surface area contributed by atoms with Crippen molar-refractivity contribution < 1.29 is 44.1 Å². The molecule has 0 radical (unpaired) electrons. The molecule has 0 rings (SSSR count). The van der Waals surface area contributed by atoms with Crippen LogP contribution in [0.25, 0.3) is 0 Å². The second kappa shape index (κ2) is 16.4. The summed E-state index contributed by atoms with van der Waals surface area (Å²) in [5.74, 6) is -6.82. The van der Waals surface area contributed by atoms with Gasteiger partial charge in [0.15, 0.2) is 0 Å². The van der Waals surface area contributed by atoms with E-state index in [0.29, 0.717) is 25.8 Å².